The van der Waals surface area contributed by atoms with Crippen LogP contribution in [0.5, 0.6) is 0 Å². The van der Waals surface area contributed by atoms with E-state index < -0.39 is 5.97 Å². The van der Waals surface area contributed by atoms with Crippen LogP contribution in [0.3, 0.4) is 0 Å². The fourth-order valence-electron chi connectivity index (χ4n) is 1.98. The lowest BCUT2D eigenvalue weighted by atomic mass is 9.95. The summed E-state index contributed by atoms with van der Waals surface area (Å²) in [5.41, 5.74) is 2.24. The van der Waals surface area contributed by atoms with E-state index >= 15 is 0 Å². The molecule has 0 aromatic heterocycles. The summed E-state index contributed by atoms with van der Waals surface area (Å²) in [6.45, 7) is 4.06. The average Bonchev–Trinajstić information content (AvgIpc) is 2.80. The monoisotopic (exact) mass is 190 g/mol. The Kier molecular flexibility index (Phi) is 1.88. The number of aryl methyl sites for hydroxylation is 1. The van der Waals surface area contributed by atoms with E-state index in [-0.39, 0.29) is 11.3 Å². The number of carboxylic acids is 1. The fraction of sp³-hybridized carbons (Fsp3) is 0.417. The maximum atomic E-state index is 10.8. The Labute approximate surface area is 83.6 Å². The molecule has 1 aliphatic rings. The highest BCUT2D eigenvalue weighted by atomic mass is 16.4. The zero-order valence-corrected chi connectivity index (χ0v) is 8.45. The molecule has 2 atom stereocenters. The number of benzene rings is 1. The standard InChI is InChI=1S/C12H14O2/c1-8-3-5-9(6-4-8)12(2)7-10(12)11(13)14/h3-6,10H,7H2,1-2H3,(H,13,14)/t10-,12?/m0/s1. The van der Waals surface area contributed by atoms with Gasteiger partial charge in [-0.2, -0.15) is 0 Å². The van der Waals surface area contributed by atoms with E-state index in [0.717, 1.165) is 12.0 Å². The van der Waals surface area contributed by atoms with Gasteiger partial charge in [-0.05, 0) is 18.9 Å². The van der Waals surface area contributed by atoms with Gasteiger partial charge in [0.1, 0.15) is 0 Å². The topological polar surface area (TPSA) is 37.3 Å². The molecule has 0 aliphatic heterocycles. The molecular formula is C12H14O2. The van der Waals surface area contributed by atoms with Crippen molar-refractivity contribution >= 4 is 5.97 Å². The highest BCUT2D eigenvalue weighted by Gasteiger charge is 2.55. The summed E-state index contributed by atoms with van der Waals surface area (Å²) < 4.78 is 0. The number of hydrogen-bond acceptors (Lipinski definition) is 1. The van der Waals surface area contributed by atoms with Crippen molar-refractivity contribution in [3.8, 4) is 0 Å². The van der Waals surface area contributed by atoms with Crippen molar-refractivity contribution in [1.29, 1.82) is 0 Å². The molecule has 0 saturated heterocycles. The minimum atomic E-state index is -0.673. The lowest BCUT2D eigenvalue weighted by molar-refractivity contribution is -0.138. The Morgan fingerprint density at radius 3 is 2.43 bits per heavy atom. The van der Waals surface area contributed by atoms with Crippen LogP contribution >= 0.6 is 0 Å². The van der Waals surface area contributed by atoms with Gasteiger partial charge in [0.05, 0.1) is 5.92 Å². The molecule has 2 heteroatoms. The Balaban J connectivity index is 2.25. The highest BCUT2D eigenvalue weighted by Crippen LogP contribution is 2.53. The molecule has 2 nitrogen and oxygen atoms in total. The molecule has 2 rings (SSSR count). The molecule has 0 heterocycles. The van der Waals surface area contributed by atoms with Crippen LogP contribution in [0.25, 0.3) is 0 Å². The van der Waals surface area contributed by atoms with E-state index in [4.69, 9.17) is 5.11 Å². The van der Waals surface area contributed by atoms with Gasteiger partial charge in [-0.15, -0.1) is 0 Å². The van der Waals surface area contributed by atoms with Crippen LogP contribution in [0.2, 0.25) is 0 Å². The largest absolute Gasteiger partial charge is 0.481 e. The van der Waals surface area contributed by atoms with Crippen molar-refractivity contribution in [1.82, 2.24) is 0 Å². The van der Waals surface area contributed by atoms with Gasteiger partial charge in [0.15, 0.2) is 0 Å². The molecular weight excluding hydrogens is 176 g/mol. The van der Waals surface area contributed by atoms with Gasteiger partial charge in [-0.1, -0.05) is 36.8 Å². The third-order valence-corrected chi connectivity index (χ3v) is 3.25. The molecule has 1 saturated carbocycles. The lowest BCUT2D eigenvalue weighted by Gasteiger charge is -2.10. The normalized spacial score (nSPS) is 30.0. The number of rotatable bonds is 2. The van der Waals surface area contributed by atoms with Crippen molar-refractivity contribution in [3.63, 3.8) is 0 Å². The molecule has 1 aromatic rings. The van der Waals surface area contributed by atoms with Crippen molar-refractivity contribution in [2.75, 3.05) is 0 Å². The van der Waals surface area contributed by atoms with E-state index in [0.29, 0.717) is 0 Å². The van der Waals surface area contributed by atoms with Crippen LogP contribution in [0.15, 0.2) is 24.3 Å². The zero-order valence-electron chi connectivity index (χ0n) is 8.45. The van der Waals surface area contributed by atoms with Gasteiger partial charge in [0.2, 0.25) is 0 Å². The summed E-state index contributed by atoms with van der Waals surface area (Å²) in [5.74, 6) is -0.863. The molecule has 0 radical (unpaired) electrons. The van der Waals surface area contributed by atoms with E-state index in [1.165, 1.54) is 5.56 Å². The Morgan fingerprint density at radius 2 is 2.00 bits per heavy atom. The summed E-state index contributed by atoms with van der Waals surface area (Å²) in [6, 6.07) is 8.16. The van der Waals surface area contributed by atoms with E-state index in [2.05, 4.69) is 0 Å². The summed E-state index contributed by atoms with van der Waals surface area (Å²) in [6.07, 6.45) is 0.769. The lowest BCUT2D eigenvalue weighted by Crippen LogP contribution is -2.10. The van der Waals surface area contributed by atoms with Crippen LogP contribution in [0.4, 0.5) is 0 Å². The van der Waals surface area contributed by atoms with Gasteiger partial charge in [0, 0.05) is 5.41 Å². The van der Waals surface area contributed by atoms with Gasteiger partial charge in [-0.3, -0.25) is 4.79 Å². The first-order valence-electron chi connectivity index (χ1n) is 4.84. The second kappa shape index (κ2) is 2.84. The van der Waals surface area contributed by atoms with E-state index in [1.54, 1.807) is 0 Å². The molecule has 0 bridgehead atoms. The average molecular weight is 190 g/mol. The summed E-state index contributed by atoms with van der Waals surface area (Å²) in [5, 5.41) is 8.90. The minimum Gasteiger partial charge on any atom is -0.481 e. The van der Waals surface area contributed by atoms with E-state index in [9.17, 15) is 4.79 Å². The first-order chi connectivity index (χ1) is 6.54. The van der Waals surface area contributed by atoms with Gasteiger partial charge in [0.25, 0.3) is 0 Å². The molecule has 1 fully saturated rings. The number of aliphatic carboxylic acids is 1. The highest BCUT2D eigenvalue weighted by molar-refractivity contribution is 5.77. The first kappa shape index (κ1) is 9.25. The van der Waals surface area contributed by atoms with Crippen LogP contribution in [0.1, 0.15) is 24.5 Å². The summed E-state index contributed by atoms with van der Waals surface area (Å²) in [7, 11) is 0. The third-order valence-electron chi connectivity index (χ3n) is 3.25. The van der Waals surface area contributed by atoms with Crippen molar-refractivity contribution in [2.45, 2.75) is 25.7 Å². The number of carbonyl (C=O) groups is 1. The van der Waals surface area contributed by atoms with Crippen LogP contribution in [-0.4, -0.2) is 11.1 Å². The van der Waals surface area contributed by atoms with Crippen LogP contribution in [0, 0.1) is 12.8 Å². The SMILES string of the molecule is Cc1ccc(C2(C)C[C@H]2C(=O)O)cc1. The van der Waals surface area contributed by atoms with Gasteiger partial charge >= 0.3 is 5.97 Å². The predicted octanol–water partition coefficient (Wildman–Crippen LogP) is 2.36. The first-order valence-corrected chi connectivity index (χ1v) is 4.84. The predicted molar refractivity (Wildman–Crippen MR) is 54.3 cm³/mol. The Morgan fingerprint density at radius 1 is 1.43 bits per heavy atom. The molecule has 0 amide bonds. The number of hydrogen-bond donors (Lipinski definition) is 1. The van der Waals surface area contributed by atoms with E-state index in [1.807, 2.05) is 38.1 Å². The second-order valence-electron chi connectivity index (χ2n) is 4.38. The fourth-order valence-corrected chi connectivity index (χ4v) is 1.98. The smallest absolute Gasteiger partial charge is 0.307 e. The van der Waals surface area contributed by atoms with Crippen molar-refractivity contribution < 1.29 is 9.90 Å². The molecule has 1 N–H and O–H groups in total. The molecule has 74 valence electrons. The Bertz CT molecular complexity index is 366. The second-order valence-corrected chi connectivity index (χ2v) is 4.38. The third kappa shape index (κ3) is 1.31. The van der Waals surface area contributed by atoms with Crippen molar-refractivity contribution in [2.24, 2.45) is 5.92 Å². The maximum absolute atomic E-state index is 10.8. The van der Waals surface area contributed by atoms with Gasteiger partial charge < -0.3 is 5.11 Å². The number of carboxylic acid groups (broad SMARTS) is 1. The quantitative estimate of drug-likeness (QED) is 0.777. The minimum absolute atomic E-state index is 0.125. The maximum Gasteiger partial charge on any atom is 0.307 e. The zero-order chi connectivity index (χ0) is 10.3. The molecule has 1 aliphatic carbocycles. The van der Waals surface area contributed by atoms with Crippen LogP contribution < -0.4 is 0 Å². The summed E-state index contributed by atoms with van der Waals surface area (Å²) in [4.78, 5) is 10.8. The molecule has 0 spiro atoms. The van der Waals surface area contributed by atoms with Gasteiger partial charge in [-0.25, -0.2) is 0 Å². The van der Waals surface area contributed by atoms with Crippen LogP contribution in [-0.2, 0) is 10.2 Å². The molecule has 1 unspecified atom stereocenters. The molecule has 14 heavy (non-hydrogen) atoms. The summed E-state index contributed by atoms with van der Waals surface area (Å²) >= 11 is 0. The molecule has 1 aromatic carbocycles. The van der Waals surface area contributed by atoms with Crippen molar-refractivity contribution in [3.05, 3.63) is 35.4 Å². The Hall–Kier alpha value is -1.31.